The average Bonchev–Trinajstić information content (AvgIpc) is 2.97. The Morgan fingerprint density at radius 2 is 1.89 bits per heavy atom. The van der Waals surface area contributed by atoms with E-state index in [1.165, 1.54) is 0 Å². The highest BCUT2D eigenvalue weighted by atomic mass is 16.4. The van der Waals surface area contributed by atoms with Crippen molar-refractivity contribution in [1.29, 1.82) is 0 Å². The monoisotopic (exact) mass is 370 g/mol. The van der Waals surface area contributed by atoms with Crippen molar-refractivity contribution in [3.63, 3.8) is 0 Å². The van der Waals surface area contributed by atoms with Crippen LogP contribution in [0.1, 0.15) is 28.7 Å². The normalized spacial score (nSPS) is 11.6. The van der Waals surface area contributed by atoms with E-state index in [1.54, 1.807) is 6.26 Å². The van der Waals surface area contributed by atoms with Gasteiger partial charge in [0, 0.05) is 11.9 Å². The van der Waals surface area contributed by atoms with Gasteiger partial charge in [0.05, 0.1) is 23.6 Å². The maximum absolute atomic E-state index is 12.5. The van der Waals surface area contributed by atoms with Crippen LogP contribution < -0.4 is 10.9 Å². The minimum absolute atomic E-state index is 0.00112. The number of hydrogen-bond donors (Lipinski definition) is 1. The largest absolute Gasteiger partial charge is 0.463 e. The van der Waals surface area contributed by atoms with E-state index in [-0.39, 0.29) is 12.3 Å². The van der Waals surface area contributed by atoms with Crippen LogP contribution in [0.4, 0.5) is 0 Å². The molecule has 2 heterocycles. The van der Waals surface area contributed by atoms with Crippen molar-refractivity contribution in [3.05, 3.63) is 45.0 Å². The Hall–Kier alpha value is -2.60. The van der Waals surface area contributed by atoms with Gasteiger partial charge in [0.25, 0.3) is 0 Å². The molecule has 144 valence electrons. The summed E-state index contributed by atoms with van der Waals surface area (Å²) in [5, 5.41) is 4.66. The van der Waals surface area contributed by atoms with Crippen LogP contribution in [0.15, 0.2) is 26.0 Å². The van der Waals surface area contributed by atoms with Crippen molar-refractivity contribution in [1.82, 2.24) is 10.2 Å². The molecule has 0 spiro atoms. The molecule has 1 aromatic carbocycles. The standard InChI is InChI=1S/C21H26N2O4/c1-12-9-16-19(20-18(12)13(2)11-26-20)14(3)15(21(25)27-16)10-17(24)22-7-6-8-23(4)5/h9,11H,6-8,10H2,1-5H3,(H,22,24). The lowest BCUT2D eigenvalue weighted by Crippen LogP contribution is -2.30. The lowest BCUT2D eigenvalue weighted by molar-refractivity contribution is -0.120. The molecule has 0 aliphatic rings. The molecule has 0 bridgehead atoms. The van der Waals surface area contributed by atoms with Gasteiger partial charge in [-0.15, -0.1) is 0 Å². The zero-order chi connectivity index (χ0) is 19.7. The van der Waals surface area contributed by atoms with Gasteiger partial charge in [-0.25, -0.2) is 4.79 Å². The topological polar surface area (TPSA) is 75.7 Å². The predicted molar refractivity (Wildman–Crippen MR) is 106 cm³/mol. The molecule has 6 heteroatoms. The molecule has 0 fully saturated rings. The Labute approximate surface area is 158 Å². The number of amides is 1. The molecule has 27 heavy (non-hydrogen) atoms. The number of aryl methyl sites for hydroxylation is 3. The smallest absolute Gasteiger partial charge is 0.340 e. The third kappa shape index (κ3) is 3.76. The van der Waals surface area contributed by atoms with Gasteiger partial charge in [-0.1, -0.05) is 0 Å². The van der Waals surface area contributed by atoms with Gasteiger partial charge in [0.2, 0.25) is 5.91 Å². The molecule has 0 saturated heterocycles. The fourth-order valence-electron chi connectivity index (χ4n) is 3.52. The molecule has 0 atom stereocenters. The fraction of sp³-hybridized carbons (Fsp3) is 0.429. The van der Waals surface area contributed by atoms with Crippen molar-refractivity contribution in [2.75, 3.05) is 27.2 Å². The summed E-state index contributed by atoms with van der Waals surface area (Å²) in [6.45, 7) is 7.28. The van der Waals surface area contributed by atoms with Gasteiger partial charge in [0.15, 0.2) is 0 Å². The number of benzene rings is 1. The summed E-state index contributed by atoms with van der Waals surface area (Å²) in [4.78, 5) is 26.8. The number of nitrogens with zero attached hydrogens (tertiary/aromatic N) is 1. The van der Waals surface area contributed by atoms with Crippen molar-refractivity contribution in [3.8, 4) is 0 Å². The molecule has 0 unspecified atom stereocenters. The van der Waals surface area contributed by atoms with E-state index in [1.807, 2.05) is 40.9 Å². The van der Waals surface area contributed by atoms with Crippen LogP contribution in [0, 0.1) is 20.8 Å². The first-order valence-electron chi connectivity index (χ1n) is 9.14. The maximum Gasteiger partial charge on any atom is 0.340 e. The minimum Gasteiger partial charge on any atom is -0.463 e. The highest BCUT2D eigenvalue weighted by Gasteiger charge is 2.19. The Balaban J connectivity index is 1.95. The van der Waals surface area contributed by atoms with Gasteiger partial charge >= 0.3 is 5.63 Å². The SMILES string of the molecule is Cc1coc2c1c(C)cc1oc(=O)c(CC(=O)NCCCN(C)C)c(C)c12. The van der Waals surface area contributed by atoms with E-state index < -0.39 is 5.63 Å². The molecular formula is C21H26N2O4. The number of furan rings is 1. The molecule has 3 aromatic rings. The third-order valence-corrected chi connectivity index (χ3v) is 4.91. The summed E-state index contributed by atoms with van der Waals surface area (Å²) in [5.41, 5.74) is 3.89. The number of carbonyl (C=O) groups excluding carboxylic acids is 1. The Kier molecular flexibility index (Phi) is 5.37. The summed E-state index contributed by atoms with van der Waals surface area (Å²) in [5.74, 6) is -0.178. The maximum atomic E-state index is 12.5. The summed E-state index contributed by atoms with van der Waals surface area (Å²) in [6.07, 6.45) is 2.57. The quantitative estimate of drug-likeness (QED) is 0.533. The predicted octanol–water partition coefficient (Wildman–Crippen LogP) is 3.07. The lowest BCUT2D eigenvalue weighted by atomic mass is 9.99. The molecule has 6 nitrogen and oxygen atoms in total. The van der Waals surface area contributed by atoms with Crippen LogP contribution >= 0.6 is 0 Å². The zero-order valence-corrected chi connectivity index (χ0v) is 16.6. The highest BCUT2D eigenvalue weighted by Crippen LogP contribution is 2.34. The number of fused-ring (bicyclic) bond motifs is 3. The number of nitrogens with one attached hydrogen (secondary N) is 1. The van der Waals surface area contributed by atoms with Crippen molar-refractivity contribution < 1.29 is 13.6 Å². The van der Waals surface area contributed by atoms with Crippen molar-refractivity contribution >= 4 is 27.8 Å². The first-order valence-corrected chi connectivity index (χ1v) is 9.14. The van der Waals surface area contributed by atoms with Crippen molar-refractivity contribution in [2.24, 2.45) is 0 Å². The summed E-state index contributed by atoms with van der Waals surface area (Å²) >= 11 is 0. The van der Waals surface area contributed by atoms with Gasteiger partial charge in [-0.2, -0.15) is 0 Å². The van der Waals surface area contributed by atoms with E-state index in [0.717, 1.165) is 40.4 Å². The average molecular weight is 370 g/mol. The van der Waals surface area contributed by atoms with Crippen LogP contribution in [-0.4, -0.2) is 38.0 Å². The highest BCUT2D eigenvalue weighted by molar-refractivity contribution is 6.07. The second kappa shape index (κ2) is 7.56. The summed E-state index contributed by atoms with van der Waals surface area (Å²) in [6, 6.07) is 1.86. The van der Waals surface area contributed by atoms with E-state index in [2.05, 4.69) is 10.2 Å². The Morgan fingerprint density at radius 3 is 2.59 bits per heavy atom. The van der Waals surface area contributed by atoms with Gasteiger partial charge in [-0.3, -0.25) is 4.79 Å². The molecule has 1 amide bonds. The summed E-state index contributed by atoms with van der Waals surface area (Å²) < 4.78 is 11.3. The van der Waals surface area contributed by atoms with E-state index in [0.29, 0.717) is 23.3 Å². The molecule has 1 N–H and O–H groups in total. The van der Waals surface area contributed by atoms with Crippen LogP contribution in [0.5, 0.6) is 0 Å². The van der Waals surface area contributed by atoms with E-state index in [4.69, 9.17) is 8.83 Å². The second-order valence-corrected chi connectivity index (χ2v) is 7.37. The number of rotatable bonds is 6. The van der Waals surface area contributed by atoms with Crippen molar-refractivity contribution in [2.45, 2.75) is 33.6 Å². The number of hydrogen-bond acceptors (Lipinski definition) is 5. The van der Waals surface area contributed by atoms with Gasteiger partial charge in [-0.05, 0) is 70.6 Å². The second-order valence-electron chi connectivity index (χ2n) is 7.37. The van der Waals surface area contributed by atoms with Crippen LogP contribution in [-0.2, 0) is 11.2 Å². The molecule has 3 rings (SSSR count). The first kappa shape index (κ1) is 19.2. The molecular weight excluding hydrogens is 344 g/mol. The molecule has 0 saturated carbocycles. The van der Waals surface area contributed by atoms with Crippen LogP contribution in [0.2, 0.25) is 0 Å². The lowest BCUT2D eigenvalue weighted by Gasteiger charge is -2.11. The Bertz CT molecular complexity index is 1060. The molecule has 2 aromatic heterocycles. The molecule has 0 aliphatic heterocycles. The van der Waals surface area contributed by atoms with Gasteiger partial charge in [0.1, 0.15) is 11.2 Å². The van der Waals surface area contributed by atoms with Crippen LogP contribution in [0.25, 0.3) is 21.9 Å². The third-order valence-electron chi connectivity index (χ3n) is 4.91. The summed E-state index contributed by atoms with van der Waals surface area (Å²) in [7, 11) is 3.98. The zero-order valence-electron chi connectivity index (χ0n) is 16.6. The van der Waals surface area contributed by atoms with E-state index >= 15 is 0 Å². The molecule has 0 radical (unpaired) electrons. The first-order chi connectivity index (χ1) is 12.8. The number of carbonyl (C=O) groups is 1. The molecule has 0 aliphatic carbocycles. The van der Waals surface area contributed by atoms with E-state index in [9.17, 15) is 9.59 Å². The minimum atomic E-state index is -0.467. The Morgan fingerprint density at radius 1 is 1.15 bits per heavy atom. The van der Waals surface area contributed by atoms with Crippen LogP contribution in [0.3, 0.4) is 0 Å². The fourth-order valence-corrected chi connectivity index (χ4v) is 3.52. The van der Waals surface area contributed by atoms with Gasteiger partial charge < -0.3 is 19.1 Å².